The summed E-state index contributed by atoms with van der Waals surface area (Å²) in [5.74, 6) is 1.75. The zero-order valence-corrected chi connectivity index (χ0v) is 11.1. The van der Waals surface area contributed by atoms with Crippen LogP contribution in [0.5, 0.6) is 5.75 Å². The van der Waals surface area contributed by atoms with Crippen LogP contribution in [0.4, 0.5) is 0 Å². The van der Waals surface area contributed by atoms with Gasteiger partial charge >= 0.3 is 0 Å². The van der Waals surface area contributed by atoms with E-state index >= 15 is 0 Å². The fourth-order valence-electron chi connectivity index (χ4n) is 1.68. The Labute approximate surface area is 108 Å². The maximum absolute atomic E-state index is 10.6. The van der Waals surface area contributed by atoms with Crippen molar-refractivity contribution in [2.75, 3.05) is 7.11 Å². The molecule has 0 amide bonds. The molecule has 17 heavy (non-hydrogen) atoms. The van der Waals surface area contributed by atoms with Gasteiger partial charge in [-0.1, -0.05) is 15.9 Å². The van der Waals surface area contributed by atoms with Gasteiger partial charge in [-0.25, -0.2) is 0 Å². The first-order valence-corrected chi connectivity index (χ1v) is 5.84. The van der Waals surface area contributed by atoms with Crippen LogP contribution in [-0.2, 0) is 0 Å². The van der Waals surface area contributed by atoms with E-state index in [1.807, 2.05) is 19.1 Å². The van der Waals surface area contributed by atoms with Gasteiger partial charge in [0.1, 0.15) is 11.5 Å². The van der Waals surface area contributed by atoms with Gasteiger partial charge < -0.3 is 9.15 Å². The summed E-state index contributed by atoms with van der Waals surface area (Å²) in [6.07, 6.45) is 0.689. The van der Waals surface area contributed by atoms with Crippen molar-refractivity contribution in [3.63, 3.8) is 0 Å². The highest BCUT2D eigenvalue weighted by atomic mass is 79.9. The molecule has 0 bridgehead atoms. The lowest BCUT2D eigenvalue weighted by Crippen LogP contribution is -1.90. The molecule has 0 spiro atoms. The second-order valence-electron chi connectivity index (χ2n) is 3.60. The summed E-state index contributed by atoms with van der Waals surface area (Å²) in [7, 11) is 1.62. The predicted molar refractivity (Wildman–Crippen MR) is 68.5 cm³/mol. The molecule has 0 fully saturated rings. The van der Waals surface area contributed by atoms with E-state index in [9.17, 15) is 4.79 Å². The Bertz CT molecular complexity index is 558. The topological polar surface area (TPSA) is 39.4 Å². The summed E-state index contributed by atoms with van der Waals surface area (Å²) >= 11 is 3.42. The maximum atomic E-state index is 10.6. The van der Waals surface area contributed by atoms with Crippen molar-refractivity contribution in [1.29, 1.82) is 0 Å². The third-order valence-corrected chi connectivity index (χ3v) is 3.01. The highest BCUT2D eigenvalue weighted by Gasteiger charge is 2.12. The molecule has 3 nitrogen and oxygen atoms in total. The van der Waals surface area contributed by atoms with Crippen molar-refractivity contribution in [3.8, 4) is 17.1 Å². The lowest BCUT2D eigenvalue weighted by molar-refractivity contribution is 0.110. The molecule has 2 rings (SSSR count). The predicted octanol–water partition coefficient (Wildman–Crippen LogP) is 3.84. The number of ether oxygens (including phenoxy) is 1. The number of methoxy groups -OCH3 is 1. The molecule has 0 unspecified atom stereocenters. The SMILES string of the molecule is COc1cc(Br)cc(-c2ccc(C=O)o2)c1C. The van der Waals surface area contributed by atoms with Crippen LogP contribution in [0.15, 0.2) is 33.2 Å². The summed E-state index contributed by atoms with van der Waals surface area (Å²) in [5.41, 5.74) is 1.88. The van der Waals surface area contributed by atoms with Crippen molar-refractivity contribution in [1.82, 2.24) is 0 Å². The number of hydrogen-bond acceptors (Lipinski definition) is 3. The smallest absolute Gasteiger partial charge is 0.185 e. The molecule has 88 valence electrons. The summed E-state index contributed by atoms with van der Waals surface area (Å²) in [5, 5.41) is 0. The zero-order chi connectivity index (χ0) is 12.4. The Hall–Kier alpha value is -1.55. The van der Waals surface area contributed by atoms with Gasteiger partial charge in [-0.05, 0) is 31.2 Å². The summed E-state index contributed by atoms with van der Waals surface area (Å²) < 4.78 is 11.6. The molecule has 0 aliphatic carbocycles. The van der Waals surface area contributed by atoms with Crippen molar-refractivity contribution in [2.45, 2.75) is 6.92 Å². The van der Waals surface area contributed by atoms with Crippen LogP contribution in [0, 0.1) is 6.92 Å². The van der Waals surface area contributed by atoms with Gasteiger partial charge in [0.25, 0.3) is 0 Å². The normalized spacial score (nSPS) is 10.3. The minimum Gasteiger partial charge on any atom is -0.496 e. The van der Waals surface area contributed by atoms with E-state index < -0.39 is 0 Å². The van der Waals surface area contributed by atoms with Gasteiger partial charge in [-0.15, -0.1) is 0 Å². The van der Waals surface area contributed by atoms with E-state index in [0.29, 0.717) is 17.8 Å². The number of carbonyl (C=O) groups excluding carboxylic acids is 1. The van der Waals surface area contributed by atoms with Crippen molar-refractivity contribution in [2.24, 2.45) is 0 Å². The minimum atomic E-state index is 0.318. The van der Waals surface area contributed by atoms with E-state index in [1.54, 1.807) is 19.2 Å². The minimum absolute atomic E-state index is 0.318. The molecular formula is C13H11BrO3. The van der Waals surface area contributed by atoms with Gasteiger partial charge in [-0.3, -0.25) is 4.79 Å². The largest absolute Gasteiger partial charge is 0.496 e. The van der Waals surface area contributed by atoms with Crippen LogP contribution in [0.1, 0.15) is 16.1 Å². The van der Waals surface area contributed by atoms with Gasteiger partial charge in [0.05, 0.1) is 7.11 Å². The second kappa shape index (κ2) is 4.75. The molecule has 0 N–H and O–H groups in total. The van der Waals surface area contributed by atoms with Crippen molar-refractivity contribution in [3.05, 3.63) is 40.1 Å². The Morgan fingerprint density at radius 1 is 1.35 bits per heavy atom. The monoisotopic (exact) mass is 294 g/mol. The van der Waals surface area contributed by atoms with Crippen LogP contribution in [-0.4, -0.2) is 13.4 Å². The number of furan rings is 1. The quantitative estimate of drug-likeness (QED) is 0.808. The van der Waals surface area contributed by atoms with Crippen LogP contribution in [0.2, 0.25) is 0 Å². The Morgan fingerprint density at radius 3 is 2.71 bits per heavy atom. The number of benzene rings is 1. The van der Waals surface area contributed by atoms with Crippen LogP contribution < -0.4 is 4.74 Å². The Balaban J connectivity index is 2.58. The van der Waals surface area contributed by atoms with Crippen LogP contribution in [0.3, 0.4) is 0 Å². The van der Waals surface area contributed by atoms with Crippen LogP contribution >= 0.6 is 15.9 Å². The van der Waals surface area contributed by atoms with Gasteiger partial charge in [0.15, 0.2) is 12.0 Å². The molecule has 0 aliphatic rings. The maximum Gasteiger partial charge on any atom is 0.185 e. The standard InChI is InChI=1S/C13H11BrO3/c1-8-11(5-9(14)6-13(8)16-2)12-4-3-10(7-15)17-12/h3-7H,1-2H3. The number of aldehydes is 1. The van der Waals surface area contributed by atoms with E-state index in [0.717, 1.165) is 21.3 Å². The number of hydrogen-bond donors (Lipinski definition) is 0. The third-order valence-electron chi connectivity index (χ3n) is 2.55. The van der Waals surface area contributed by atoms with Gasteiger partial charge in [0, 0.05) is 15.6 Å². The zero-order valence-electron chi connectivity index (χ0n) is 9.49. The highest BCUT2D eigenvalue weighted by Crippen LogP contribution is 2.34. The number of carbonyl (C=O) groups is 1. The fraction of sp³-hybridized carbons (Fsp3) is 0.154. The van der Waals surface area contributed by atoms with E-state index in [1.165, 1.54) is 0 Å². The summed E-state index contributed by atoms with van der Waals surface area (Å²) in [6.45, 7) is 1.95. The van der Waals surface area contributed by atoms with Crippen LogP contribution in [0.25, 0.3) is 11.3 Å². The Kier molecular flexibility index (Phi) is 3.33. The summed E-state index contributed by atoms with van der Waals surface area (Å²) in [6, 6.07) is 7.25. The highest BCUT2D eigenvalue weighted by molar-refractivity contribution is 9.10. The lowest BCUT2D eigenvalue weighted by atomic mass is 10.1. The fourth-order valence-corrected chi connectivity index (χ4v) is 2.12. The van der Waals surface area contributed by atoms with E-state index in [-0.39, 0.29) is 0 Å². The molecule has 0 atom stereocenters. The Morgan fingerprint density at radius 2 is 2.12 bits per heavy atom. The molecule has 0 aliphatic heterocycles. The molecule has 4 heteroatoms. The summed E-state index contributed by atoms with van der Waals surface area (Å²) in [4.78, 5) is 10.6. The molecule has 1 aromatic carbocycles. The lowest BCUT2D eigenvalue weighted by Gasteiger charge is -2.09. The number of rotatable bonds is 3. The third kappa shape index (κ3) is 2.26. The molecular weight excluding hydrogens is 284 g/mol. The molecule has 0 radical (unpaired) electrons. The first-order valence-electron chi connectivity index (χ1n) is 5.05. The van der Waals surface area contributed by atoms with Gasteiger partial charge in [0.2, 0.25) is 0 Å². The molecule has 2 aromatic rings. The number of halogens is 1. The molecule has 0 saturated heterocycles. The average molecular weight is 295 g/mol. The first-order chi connectivity index (χ1) is 8.15. The van der Waals surface area contributed by atoms with E-state index in [4.69, 9.17) is 9.15 Å². The molecule has 1 heterocycles. The van der Waals surface area contributed by atoms with Gasteiger partial charge in [-0.2, -0.15) is 0 Å². The second-order valence-corrected chi connectivity index (χ2v) is 4.52. The molecule has 0 saturated carbocycles. The van der Waals surface area contributed by atoms with Crippen molar-refractivity contribution < 1.29 is 13.9 Å². The van der Waals surface area contributed by atoms with Crippen molar-refractivity contribution >= 4 is 22.2 Å². The first kappa shape index (κ1) is 11.9. The van der Waals surface area contributed by atoms with E-state index in [2.05, 4.69) is 15.9 Å². The average Bonchev–Trinajstić information content (AvgIpc) is 2.80. The molecule has 1 aromatic heterocycles.